The van der Waals surface area contributed by atoms with Crippen molar-refractivity contribution in [2.45, 2.75) is 38.6 Å². The Morgan fingerprint density at radius 1 is 0.804 bits per heavy atom. The molecule has 3 aromatic carbocycles. The predicted octanol–water partition coefficient (Wildman–Crippen LogP) is 9.07. The third-order valence-corrected chi connectivity index (χ3v) is 10.1. The van der Waals surface area contributed by atoms with Crippen LogP contribution in [0, 0.1) is 19.7 Å². The number of allylic oxidation sites excluding steroid dienone is 1. The maximum Gasteiger partial charge on any atom is 0.227 e. The summed E-state index contributed by atoms with van der Waals surface area (Å²) in [7, 11) is 0. The zero-order valence-corrected chi connectivity index (χ0v) is 25.8. The standard InChI is InChI=1S/C41H32FN3O/c1-24-9-8-10-25(2)37(24)33-18-17-32-31-16-14-27-15-19-35-38(30-12-5-4-11-29(30)34-13-6-7-21-45(34)35)26(3)44-22-20-28(42)23-36(44)39(27)40(31)46-41(32)43-33/h4-14,16-18,20-23,35,38H,3,15,19H2,1-2H3/q+2. The van der Waals surface area contributed by atoms with E-state index in [1.807, 2.05) is 6.20 Å². The number of benzene rings is 3. The van der Waals surface area contributed by atoms with Gasteiger partial charge in [0.15, 0.2) is 29.7 Å². The van der Waals surface area contributed by atoms with E-state index >= 15 is 4.39 Å². The summed E-state index contributed by atoms with van der Waals surface area (Å²) < 4.78 is 26.5. The van der Waals surface area contributed by atoms with Crippen LogP contribution < -0.4 is 9.13 Å². The summed E-state index contributed by atoms with van der Waals surface area (Å²) in [6.45, 7) is 8.95. The predicted molar refractivity (Wildman–Crippen MR) is 180 cm³/mol. The maximum atomic E-state index is 15.3. The number of rotatable bonds is 1. The molecule has 7 aromatic rings. The third-order valence-electron chi connectivity index (χ3n) is 10.1. The number of aromatic nitrogens is 3. The number of fused-ring (bicyclic) bond motifs is 13. The number of aryl methyl sites for hydroxylation is 3. The molecule has 0 fully saturated rings. The summed E-state index contributed by atoms with van der Waals surface area (Å²) in [5.41, 5.74) is 13.0. The molecule has 0 radical (unpaired) electrons. The molecule has 46 heavy (non-hydrogen) atoms. The summed E-state index contributed by atoms with van der Waals surface area (Å²) in [6, 6.07) is 33.1. The highest BCUT2D eigenvalue weighted by Gasteiger charge is 2.46. The Bertz CT molecular complexity index is 2380. The molecule has 4 nitrogen and oxygen atoms in total. The highest BCUT2D eigenvalue weighted by atomic mass is 19.1. The number of nitrogens with zero attached hydrogens (tertiary/aromatic N) is 3. The van der Waals surface area contributed by atoms with E-state index in [-0.39, 0.29) is 17.8 Å². The van der Waals surface area contributed by atoms with Crippen LogP contribution in [-0.4, -0.2) is 4.98 Å². The minimum atomic E-state index is -0.298. The molecule has 6 heterocycles. The van der Waals surface area contributed by atoms with Crippen LogP contribution >= 0.6 is 0 Å². The highest BCUT2D eigenvalue weighted by molar-refractivity contribution is 6.09. The molecule has 4 aromatic heterocycles. The maximum absolute atomic E-state index is 15.3. The van der Waals surface area contributed by atoms with Gasteiger partial charge in [-0.05, 0) is 73.4 Å². The van der Waals surface area contributed by atoms with Gasteiger partial charge in [-0.15, -0.1) is 0 Å². The Balaban J connectivity index is 1.30. The van der Waals surface area contributed by atoms with E-state index in [1.54, 1.807) is 6.07 Å². The van der Waals surface area contributed by atoms with Crippen LogP contribution in [0.25, 0.3) is 61.5 Å². The summed E-state index contributed by atoms with van der Waals surface area (Å²) in [5.74, 6) is -0.305. The van der Waals surface area contributed by atoms with Gasteiger partial charge in [-0.2, -0.15) is 9.13 Å². The Kier molecular flexibility index (Phi) is 5.88. The summed E-state index contributed by atoms with van der Waals surface area (Å²) in [6.07, 6.45) is 5.68. The van der Waals surface area contributed by atoms with Gasteiger partial charge in [0, 0.05) is 47.0 Å². The van der Waals surface area contributed by atoms with Crippen LogP contribution in [-0.2, 0) is 6.42 Å². The van der Waals surface area contributed by atoms with Gasteiger partial charge in [0.2, 0.25) is 17.1 Å². The molecule has 0 spiro atoms. The first-order valence-electron chi connectivity index (χ1n) is 15.9. The van der Waals surface area contributed by atoms with E-state index < -0.39 is 0 Å². The molecule has 0 aliphatic carbocycles. The average Bonchev–Trinajstić information content (AvgIpc) is 3.45. The van der Waals surface area contributed by atoms with Crippen molar-refractivity contribution in [3.05, 3.63) is 144 Å². The minimum Gasteiger partial charge on any atom is -0.437 e. The van der Waals surface area contributed by atoms with Gasteiger partial charge in [-0.3, -0.25) is 0 Å². The zero-order chi connectivity index (χ0) is 31.1. The lowest BCUT2D eigenvalue weighted by Crippen LogP contribution is -2.50. The van der Waals surface area contributed by atoms with E-state index in [1.165, 1.54) is 34.0 Å². The molecule has 0 saturated heterocycles. The fourth-order valence-electron chi connectivity index (χ4n) is 8.03. The van der Waals surface area contributed by atoms with Gasteiger partial charge in [-0.1, -0.05) is 48.5 Å². The van der Waals surface area contributed by atoms with Crippen LogP contribution in [0.5, 0.6) is 0 Å². The molecule has 0 amide bonds. The van der Waals surface area contributed by atoms with Crippen LogP contribution in [0.2, 0.25) is 0 Å². The quantitative estimate of drug-likeness (QED) is 0.176. The fourth-order valence-corrected chi connectivity index (χ4v) is 8.03. The first-order valence-corrected chi connectivity index (χ1v) is 15.9. The van der Waals surface area contributed by atoms with Crippen molar-refractivity contribution in [1.82, 2.24) is 4.98 Å². The van der Waals surface area contributed by atoms with Gasteiger partial charge in [0.05, 0.1) is 16.8 Å². The molecule has 2 atom stereocenters. The number of hydrogen-bond donors (Lipinski definition) is 0. The van der Waals surface area contributed by atoms with Crippen molar-refractivity contribution in [3.8, 4) is 33.8 Å². The Morgan fingerprint density at radius 3 is 2.48 bits per heavy atom. The van der Waals surface area contributed by atoms with E-state index in [2.05, 4.69) is 114 Å². The zero-order valence-electron chi connectivity index (χ0n) is 25.8. The summed E-state index contributed by atoms with van der Waals surface area (Å²) >= 11 is 0. The summed E-state index contributed by atoms with van der Waals surface area (Å²) in [4.78, 5) is 5.04. The fraction of sp³-hybridized carbons (Fsp3) is 0.146. The van der Waals surface area contributed by atoms with Crippen LogP contribution in [0.1, 0.15) is 40.6 Å². The second-order valence-electron chi connectivity index (χ2n) is 12.7. The van der Waals surface area contributed by atoms with Crippen LogP contribution in [0.15, 0.2) is 120 Å². The van der Waals surface area contributed by atoms with E-state index in [0.717, 1.165) is 63.0 Å². The van der Waals surface area contributed by atoms with Crippen molar-refractivity contribution in [2.75, 3.05) is 0 Å². The Labute approximate surface area is 266 Å². The van der Waals surface area contributed by atoms with Crippen molar-refractivity contribution in [1.29, 1.82) is 0 Å². The lowest BCUT2D eigenvalue weighted by atomic mass is 9.79. The SMILES string of the molecule is C=C1C2c3ccccc3-c3cccc[n+]3C2CCc2ccc3c(oc4nc(-c5c(C)cccc5C)ccc43)c2-c2cc(F)cc[n+]21. The van der Waals surface area contributed by atoms with Crippen LogP contribution in [0.3, 0.4) is 0 Å². The lowest BCUT2D eigenvalue weighted by molar-refractivity contribution is -0.720. The van der Waals surface area contributed by atoms with Crippen molar-refractivity contribution >= 4 is 27.8 Å². The lowest BCUT2D eigenvalue weighted by Gasteiger charge is -2.29. The highest BCUT2D eigenvalue weighted by Crippen LogP contribution is 2.46. The minimum absolute atomic E-state index is 0.00707. The van der Waals surface area contributed by atoms with Crippen molar-refractivity contribution in [3.63, 3.8) is 0 Å². The number of hydrogen-bond acceptors (Lipinski definition) is 2. The Morgan fingerprint density at radius 2 is 1.61 bits per heavy atom. The van der Waals surface area contributed by atoms with Gasteiger partial charge < -0.3 is 4.42 Å². The van der Waals surface area contributed by atoms with E-state index in [4.69, 9.17) is 16.0 Å². The molecular formula is C41H32FN3O+2. The second kappa shape index (κ2) is 10.0. The summed E-state index contributed by atoms with van der Waals surface area (Å²) in [5, 5.41) is 1.92. The largest absolute Gasteiger partial charge is 0.437 e. The Hall–Kier alpha value is -5.42. The van der Waals surface area contributed by atoms with Crippen molar-refractivity contribution < 1.29 is 17.9 Å². The molecule has 9 rings (SSSR count). The monoisotopic (exact) mass is 601 g/mol. The molecule has 0 N–H and O–H groups in total. The van der Waals surface area contributed by atoms with Crippen molar-refractivity contribution in [2.24, 2.45) is 0 Å². The van der Waals surface area contributed by atoms with Gasteiger partial charge >= 0.3 is 0 Å². The van der Waals surface area contributed by atoms with Gasteiger partial charge in [-0.25, -0.2) is 9.37 Å². The third kappa shape index (κ3) is 3.87. The molecule has 2 aliphatic rings. The average molecular weight is 602 g/mol. The second-order valence-corrected chi connectivity index (χ2v) is 12.7. The number of halogens is 1. The smallest absolute Gasteiger partial charge is 0.227 e. The number of pyridine rings is 3. The van der Waals surface area contributed by atoms with Gasteiger partial charge in [0.25, 0.3) is 0 Å². The first kappa shape index (κ1) is 26.9. The molecule has 2 unspecified atom stereocenters. The first-order chi connectivity index (χ1) is 22.5. The molecule has 0 bridgehead atoms. The topological polar surface area (TPSA) is 33.8 Å². The molecule has 2 aliphatic heterocycles. The van der Waals surface area contributed by atoms with E-state index in [9.17, 15) is 0 Å². The van der Waals surface area contributed by atoms with Gasteiger partial charge in [0.1, 0.15) is 11.7 Å². The molecule has 5 heteroatoms. The normalized spacial score (nSPS) is 16.9. The molecular weight excluding hydrogens is 569 g/mol. The molecule has 222 valence electrons. The van der Waals surface area contributed by atoms with Crippen LogP contribution in [0.4, 0.5) is 4.39 Å². The number of furan rings is 1. The van der Waals surface area contributed by atoms with E-state index in [0.29, 0.717) is 5.71 Å². The molecule has 0 saturated carbocycles.